The second-order valence-electron chi connectivity index (χ2n) is 5.41. The molecule has 1 aliphatic heterocycles. The van der Waals surface area contributed by atoms with Crippen molar-refractivity contribution in [3.05, 3.63) is 0 Å². The number of aromatic nitrogens is 3. The van der Waals surface area contributed by atoms with E-state index in [0.717, 1.165) is 32.6 Å². The number of nitrogens with one attached hydrogen (secondary N) is 1. The van der Waals surface area contributed by atoms with E-state index in [1.165, 1.54) is 0 Å². The second-order valence-corrected chi connectivity index (χ2v) is 5.41. The highest BCUT2D eigenvalue weighted by Gasteiger charge is 2.24. The maximum atomic E-state index is 5.48. The molecule has 0 spiro atoms. The maximum absolute atomic E-state index is 5.48. The van der Waals surface area contributed by atoms with Crippen molar-refractivity contribution in [1.82, 2.24) is 19.9 Å². The Morgan fingerprint density at radius 3 is 2.71 bits per heavy atom. The third-order valence-corrected chi connectivity index (χ3v) is 3.50. The van der Waals surface area contributed by atoms with Gasteiger partial charge in [-0.3, -0.25) is 0 Å². The topological polar surface area (TPSA) is 66.4 Å². The molecule has 0 amide bonds. The molecule has 1 atom stereocenters. The highest BCUT2D eigenvalue weighted by Crippen LogP contribution is 2.19. The number of anilines is 2. The van der Waals surface area contributed by atoms with Crippen LogP contribution in [0.3, 0.4) is 0 Å². The van der Waals surface area contributed by atoms with Crippen LogP contribution in [0.15, 0.2) is 0 Å². The van der Waals surface area contributed by atoms with Gasteiger partial charge in [0.05, 0.1) is 6.61 Å². The normalized spacial score (nSPS) is 19.6. The lowest BCUT2D eigenvalue weighted by molar-refractivity contribution is 0.271. The van der Waals surface area contributed by atoms with E-state index >= 15 is 0 Å². The number of likely N-dealkylation sites (N-methyl/N-ethyl adjacent to an activating group) is 1. The third kappa shape index (κ3) is 4.17. The Hall–Kier alpha value is -1.63. The van der Waals surface area contributed by atoms with Crippen molar-refractivity contribution in [3.63, 3.8) is 0 Å². The van der Waals surface area contributed by atoms with Crippen molar-refractivity contribution >= 4 is 11.9 Å². The number of nitrogens with zero attached hydrogens (tertiary/aromatic N) is 5. The summed E-state index contributed by atoms with van der Waals surface area (Å²) in [6.07, 6.45) is 1.02. The van der Waals surface area contributed by atoms with E-state index in [1.807, 2.05) is 6.92 Å². The lowest BCUT2D eigenvalue weighted by Gasteiger charge is -2.38. The molecule has 1 fully saturated rings. The molecular weight excluding hydrogens is 268 g/mol. The van der Waals surface area contributed by atoms with Crippen LogP contribution in [0.4, 0.5) is 11.9 Å². The Bertz CT molecular complexity index is 455. The van der Waals surface area contributed by atoms with Gasteiger partial charge in [-0.05, 0) is 27.3 Å². The van der Waals surface area contributed by atoms with Crippen molar-refractivity contribution in [2.24, 2.45) is 0 Å². The first-order valence-electron chi connectivity index (χ1n) is 7.72. The molecule has 7 nitrogen and oxygen atoms in total. The van der Waals surface area contributed by atoms with Crippen molar-refractivity contribution in [2.45, 2.75) is 33.2 Å². The second kappa shape index (κ2) is 7.40. The molecule has 21 heavy (non-hydrogen) atoms. The van der Waals surface area contributed by atoms with Gasteiger partial charge in [-0.25, -0.2) is 0 Å². The maximum Gasteiger partial charge on any atom is 0.323 e. The minimum atomic E-state index is 0.375. The molecule has 0 saturated carbocycles. The molecule has 1 aromatic rings. The summed E-state index contributed by atoms with van der Waals surface area (Å²) in [6, 6.07) is 0.770. The van der Waals surface area contributed by atoms with Crippen molar-refractivity contribution < 1.29 is 4.74 Å². The number of hydrogen-bond donors (Lipinski definition) is 1. The number of ether oxygens (including phenoxy) is 1. The summed E-state index contributed by atoms with van der Waals surface area (Å²) in [6.45, 7) is 10.6. The standard InChI is InChI=1S/C14H26N6O/c1-5-7-15-12-16-13(18-14(17-12)21-6-2)20-9-8-19(4)10-11(20)3/h11H,5-10H2,1-4H3,(H,15,16,17,18). The Morgan fingerprint density at radius 1 is 1.24 bits per heavy atom. The van der Waals surface area contributed by atoms with Crippen molar-refractivity contribution in [2.75, 3.05) is 50.1 Å². The first kappa shape index (κ1) is 15.8. The van der Waals surface area contributed by atoms with Crippen molar-refractivity contribution in [3.8, 4) is 6.01 Å². The summed E-state index contributed by atoms with van der Waals surface area (Å²) in [5.41, 5.74) is 0. The quantitative estimate of drug-likeness (QED) is 0.846. The molecule has 1 aliphatic rings. The van der Waals surface area contributed by atoms with Crippen LogP contribution in [0.5, 0.6) is 6.01 Å². The molecule has 2 rings (SSSR count). The molecule has 2 heterocycles. The average molecular weight is 294 g/mol. The fourth-order valence-corrected chi connectivity index (χ4v) is 2.42. The van der Waals surface area contributed by atoms with Crippen LogP contribution >= 0.6 is 0 Å². The molecule has 0 bridgehead atoms. The monoisotopic (exact) mass is 294 g/mol. The van der Waals surface area contributed by atoms with Crippen LogP contribution in [-0.4, -0.2) is 65.7 Å². The zero-order valence-electron chi connectivity index (χ0n) is 13.5. The molecule has 0 radical (unpaired) electrons. The summed E-state index contributed by atoms with van der Waals surface area (Å²) in [5, 5.41) is 3.22. The Balaban J connectivity index is 2.21. The molecule has 0 aliphatic carbocycles. The zero-order valence-corrected chi connectivity index (χ0v) is 13.5. The largest absolute Gasteiger partial charge is 0.464 e. The Morgan fingerprint density at radius 2 is 2.05 bits per heavy atom. The average Bonchev–Trinajstić information content (AvgIpc) is 2.45. The van der Waals surface area contributed by atoms with Crippen molar-refractivity contribution in [1.29, 1.82) is 0 Å². The van der Waals surface area contributed by atoms with Gasteiger partial charge >= 0.3 is 6.01 Å². The molecule has 1 aromatic heterocycles. The SMILES string of the molecule is CCCNc1nc(OCC)nc(N2CCN(C)CC2C)n1. The zero-order chi connectivity index (χ0) is 15.2. The first-order chi connectivity index (χ1) is 10.1. The highest BCUT2D eigenvalue weighted by molar-refractivity contribution is 5.40. The van der Waals surface area contributed by atoms with E-state index in [1.54, 1.807) is 0 Å². The molecule has 1 N–H and O–H groups in total. The fourth-order valence-electron chi connectivity index (χ4n) is 2.42. The van der Waals surface area contributed by atoms with E-state index < -0.39 is 0 Å². The first-order valence-corrected chi connectivity index (χ1v) is 7.72. The number of rotatable bonds is 6. The Kier molecular flexibility index (Phi) is 5.55. The molecule has 0 aromatic carbocycles. The van der Waals surface area contributed by atoms with Gasteiger partial charge in [0.1, 0.15) is 0 Å². The minimum Gasteiger partial charge on any atom is -0.464 e. The van der Waals surface area contributed by atoms with Gasteiger partial charge in [0.2, 0.25) is 11.9 Å². The smallest absolute Gasteiger partial charge is 0.323 e. The molecule has 1 saturated heterocycles. The number of hydrogen-bond acceptors (Lipinski definition) is 7. The molecular formula is C14H26N6O. The van der Waals surface area contributed by atoms with Gasteiger partial charge in [-0.1, -0.05) is 6.92 Å². The predicted molar refractivity (Wildman–Crippen MR) is 84.1 cm³/mol. The lowest BCUT2D eigenvalue weighted by Crippen LogP contribution is -2.51. The van der Waals surface area contributed by atoms with E-state index in [9.17, 15) is 0 Å². The number of piperazine rings is 1. The van der Waals surface area contributed by atoms with Crippen LogP contribution in [0, 0.1) is 0 Å². The third-order valence-electron chi connectivity index (χ3n) is 3.50. The van der Waals surface area contributed by atoms with Crippen LogP contribution in [-0.2, 0) is 0 Å². The molecule has 1 unspecified atom stereocenters. The molecule has 118 valence electrons. The van der Waals surface area contributed by atoms with Gasteiger partial charge in [0, 0.05) is 32.2 Å². The van der Waals surface area contributed by atoms with Gasteiger partial charge in [0.25, 0.3) is 0 Å². The summed E-state index contributed by atoms with van der Waals surface area (Å²) in [5.74, 6) is 1.30. The van der Waals surface area contributed by atoms with Crippen LogP contribution in [0.2, 0.25) is 0 Å². The molecule has 7 heteroatoms. The summed E-state index contributed by atoms with van der Waals surface area (Å²) < 4.78 is 5.48. The summed E-state index contributed by atoms with van der Waals surface area (Å²) in [4.78, 5) is 17.8. The van der Waals surface area contributed by atoms with Crippen LogP contribution in [0.25, 0.3) is 0 Å². The van der Waals surface area contributed by atoms with Crippen LogP contribution < -0.4 is 15.0 Å². The van der Waals surface area contributed by atoms with E-state index in [-0.39, 0.29) is 0 Å². The van der Waals surface area contributed by atoms with E-state index in [0.29, 0.717) is 30.6 Å². The van der Waals surface area contributed by atoms with Gasteiger partial charge in [-0.15, -0.1) is 0 Å². The van der Waals surface area contributed by atoms with Gasteiger partial charge < -0.3 is 19.9 Å². The highest BCUT2D eigenvalue weighted by atomic mass is 16.5. The Labute approximate surface area is 126 Å². The lowest BCUT2D eigenvalue weighted by atomic mass is 10.2. The minimum absolute atomic E-state index is 0.375. The van der Waals surface area contributed by atoms with E-state index in [4.69, 9.17) is 4.74 Å². The summed E-state index contributed by atoms with van der Waals surface area (Å²) >= 11 is 0. The van der Waals surface area contributed by atoms with Crippen LogP contribution in [0.1, 0.15) is 27.2 Å². The summed E-state index contributed by atoms with van der Waals surface area (Å²) in [7, 11) is 2.14. The van der Waals surface area contributed by atoms with Gasteiger partial charge in [-0.2, -0.15) is 15.0 Å². The predicted octanol–water partition coefficient (Wildman–Crippen LogP) is 1.23. The van der Waals surface area contributed by atoms with Gasteiger partial charge in [0.15, 0.2) is 0 Å². The van der Waals surface area contributed by atoms with E-state index in [2.05, 4.69) is 51.0 Å². The fraction of sp³-hybridized carbons (Fsp3) is 0.786.